The van der Waals surface area contributed by atoms with Crippen LogP contribution in [0.1, 0.15) is 16.1 Å². The van der Waals surface area contributed by atoms with Gasteiger partial charge in [0, 0.05) is 26.2 Å². The summed E-state index contributed by atoms with van der Waals surface area (Å²) in [5.41, 5.74) is 1.61. The number of rotatable bonds is 5. The molecule has 1 N–H and O–H groups in total. The van der Waals surface area contributed by atoms with Crippen LogP contribution < -0.4 is 10.2 Å². The largest absolute Gasteiger partial charge is 0.463 e. The van der Waals surface area contributed by atoms with Crippen LogP contribution in [-0.4, -0.2) is 32.2 Å². The Morgan fingerprint density at radius 1 is 1.40 bits per heavy atom. The first-order valence-corrected chi connectivity index (χ1v) is 6.13. The molecule has 0 fully saturated rings. The van der Waals surface area contributed by atoms with Crippen LogP contribution >= 0.6 is 0 Å². The number of aromatic nitrogens is 1. The van der Waals surface area contributed by atoms with Gasteiger partial charge in [0.2, 0.25) is 5.76 Å². The second-order valence-electron chi connectivity index (χ2n) is 4.42. The number of methoxy groups -OCH3 is 1. The standard InChI is InChI=1S/C14H17N3O3/c1-17(2)12-5-4-11(9-16-12)15-8-10-6-7-20-13(10)14(18)19-3/h4-7,9,15H,8H2,1-3H3. The van der Waals surface area contributed by atoms with Gasteiger partial charge in [-0.2, -0.15) is 0 Å². The molecule has 106 valence electrons. The Morgan fingerprint density at radius 3 is 2.80 bits per heavy atom. The maximum atomic E-state index is 11.5. The molecule has 0 unspecified atom stereocenters. The zero-order valence-corrected chi connectivity index (χ0v) is 11.7. The van der Waals surface area contributed by atoms with Crippen molar-refractivity contribution >= 4 is 17.5 Å². The number of carbonyl (C=O) groups is 1. The lowest BCUT2D eigenvalue weighted by Crippen LogP contribution is -2.11. The molecule has 0 aromatic carbocycles. The molecule has 0 amide bonds. The lowest BCUT2D eigenvalue weighted by Gasteiger charge is -2.12. The Labute approximate surface area is 117 Å². The van der Waals surface area contributed by atoms with Gasteiger partial charge in [-0.3, -0.25) is 0 Å². The fourth-order valence-electron chi connectivity index (χ4n) is 1.70. The van der Waals surface area contributed by atoms with Gasteiger partial charge >= 0.3 is 5.97 Å². The number of hydrogen-bond acceptors (Lipinski definition) is 6. The maximum Gasteiger partial charge on any atom is 0.374 e. The minimum absolute atomic E-state index is 0.220. The molecule has 2 aromatic heterocycles. The number of ether oxygens (including phenoxy) is 1. The second-order valence-corrected chi connectivity index (χ2v) is 4.42. The third-order valence-corrected chi connectivity index (χ3v) is 2.81. The maximum absolute atomic E-state index is 11.5. The molecule has 0 atom stereocenters. The molecule has 0 radical (unpaired) electrons. The Morgan fingerprint density at radius 2 is 2.20 bits per heavy atom. The highest BCUT2D eigenvalue weighted by Gasteiger charge is 2.15. The van der Waals surface area contributed by atoms with E-state index in [0.717, 1.165) is 17.1 Å². The van der Waals surface area contributed by atoms with Gasteiger partial charge in [0.1, 0.15) is 5.82 Å². The Balaban J connectivity index is 2.02. The molecule has 6 nitrogen and oxygen atoms in total. The first kappa shape index (κ1) is 13.9. The minimum Gasteiger partial charge on any atom is -0.463 e. The van der Waals surface area contributed by atoms with Crippen molar-refractivity contribution in [3.8, 4) is 0 Å². The first-order chi connectivity index (χ1) is 9.61. The van der Waals surface area contributed by atoms with Crippen LogP contribution in [0.4, 0.5) is 11.5 Å². The molecule has 0 bridgehead atoms. The summed E-state index contributed by atoms with van der Waals surface area (Å²) < 4.78 is 9.77. The van der Waals surface area contributed by atoms with E-state index < -0.39 is 5.97 Å². The van der Waals surface area contributed by atoms with E-state index in [1.54, 1.807) is 12.3 Å². The van der Waals surface area contributed by atoms with E-state index in [1.165, 1.54) is 13.4 Å². The van der Waals surface area contributed by atoms with Gasteiger partial charge in [0.05, 0.1) is 25.3 Å². The highest BCUT2D eigenvalue weighted by atomic mass is 16.5. The summed E-state index contributed by atoms with van der Waals surface area (Å²) in [6, 6.07) is 5.58. The first-order valence-electron chi connectivity index (χ1n) is 6.13. The van der Waals surface area contributed by atoms with Crippen molar-refractivity contribution in [1.29, 1.82) is 0 Å². The molecule has 20 heavy (non-hydrogen) atoms. The molecule has 2 aromatic rings. The average Bonchev–Trinajstić information content (AvgIpc) is 2.93. The van der Waals surface area contributed by atoms with E-state index in [4.69, 9.17) is 4.42 Å². The summed E-state index contributed by atoms with van der Waals surface area (Å²) in [5, 5.41) is 3.18. The molecule has 0 aliphatic rings. The van der Waals surface area contributed by atoms with E-state index in [0.29, 0.717) is 6.54 Å². The van der Waals surface area contributed by atoms with E-state index in [9.17, 15) is 4.79 Å². The summed E-state index contributed by atoms with van der Waals surface area (Å²) in [6.45, 7) is 0.462. The predicted octanol–water partition coefficient (Wildman–Crippen LogP) is 2.14. The molecular formula is C14H17N3O3. The minimum atomic E-state index is -0.479. The molecule has 0 saturated heterocycles. The van der Waals surface area contributed by atoms with Crippen LogP contribution in [0.15, 0.2) is 35.1 Å². The number of pyridine rings is 1. The zero-order chi connectivity index (χ0) is 14.5. The second kappa shape index (κ2) is 6.10. The highest BCUT2D eigenvalue weighted by Crippen LogP contribution is 2.16. The number of anilines is 2. The van der Waals surface area contributed by atoms with Crippen molar-refractivity contribution in [1.82, 2.24) is 4.98 Å². The van der Waals surface area contributed by atoms with Crippen LogP contribution in [0.3, 0.4) is 0 Å². The van der Waals surface area contributed by atoms with Crippen molar-refractivity contribution in [3.05, 3.63) is 42.0 Å². The number of carbonyl (C=O) groups excluding carboxylic acids is 1. The Kier molecular flexibility index (Phi) is 4.24. The van der Waals surface area contributed by atoms with Gasteiger partial charge in [-0.1, -0.05) is 0 Å². The number of nitrogens with one attached hydrogen (secondary N) is 1. The van der Waals surface area contributed by atoms with Gasteiger partial charge in [-0.05, 0) is 18.2 Å². The van der Waals surface area contributed by atoms with E-state index in [1.807, 2.05) is 31.1 Å². The summed E-state index contributed by atoms with van der Waals surface area (Å²) in [7, 11) is 5.19. The third kappa shape index (κ3) is 3.09. The molecule has 0 saturated carbocycles. The molecule has 0 spiro atoms. The highest BCUT2D eigenvalue weighted by molar-refractivity contribution is 5.87. The van der Waals surface area contributed by atoms with Gasteiger partial charge in [0.15, 0.2) is 0 Å². The van der Waals surface area contributed by atoms with Gasteiger partial charge in [0.25, 0.3) is 0 Å². The number of furan rings is 1. The predicted molar refractivity (Wildman–Crippen MR) is 75.9 cm³/mol. The molecule has 2 rings (SSSR count). The zero-order valence-electron chi connectivity index (χ0n) is 11.7. The smallest absolute Gasteiger partial charge is 0.374 e. The topological polar surface area (TPSA) is 67.6 Å². The van der Waals surface area contributed by atoms with E-state index in [2.05, 4.69) is 15.0 Å². The van der Waals surface area contributed by atoms with Crippen LogP contribution in [0.25, 0.3) is 0 Å². The van der Waals surface area contributed by atoms with Crippen LogP contribution in [0, 0.1) is 0 Å². The molecule has 0 aliphatic carbocycles. The quantitative estimate of drug-likeness (QED) is 0.843. The fraction of sp³-hybridized carbons (Fsp3) is 0.286. The van der Waals surface area contributed by atoms with Gasteiger partial charge in [-0.25, -0.2) is 9.78 Å². The van der Waals surface area contributed by atoms with E-state index in [-0.39, 0.29) is 5.76 Å². The molecule has 6 heteroatoms. The fourth-order valence-corrected chi connectivity index (χ4v) is 1.70. The van der Waals surface area contributed by atoms with Crippen molar-refractivity contribution in [2.24, 2.45) is 0 Å². The normalized spacial score (nSPS) is 10.2. The number of nitrogens with zero attached hydrogens (tertiary/aromatic N) is 2. The van der Waals surface area contributed by atoms with Crippen LogP contribution in [0.2, 0.25) is 0 Å². The monoisotopic (exact) mass is 275 g/mol. The number of esters is 1. The van der Waals surface area contributed by atoms with Gasteiger partial charge < -0.3 is 19.4 Å². The number of hydrogen-bond donors (Lipinski definition) is 1. The lowest BCUT2D eigenvalue weighted by molar-refractivity contribution is 0.0563. The van der Waals surface area contributed by atoms with Crippen molar-refractivity contribution < 1.29 is 13.9 Å². The Bertz CT molecular complexity index is 576. The summed E-state index contributed by atoms with van der Waals surface area (Å²) in [6.07, 6.45) is 3.21. The lowest BCUT2D eigenvalue weighted by atomic mass is 10.2. The summed E-state index contributed by atoms with van der Waals surface area (Å²) >= 11 is 0. The Hall–Kier alpha value is -2.50. The summed E-state index contributed by atoms with van der Waals surface area (Å²) in [5.74, 6) is 0.625. The summed E-state index contributed by atoms with van der Waals surface area (Å²) in [4.78, 5) is 17.7. The van der Waals surface area contributed by atoms with Crippen molar-refractivity contribution in [2.45, 2.75) is 6.54 Å². The van der Waals surface area contributed by atoms with Crippen molar-refractivity contribution in [3.63, 3.8) is 0 Å². The van der Waals surface area contributed by atoms with Gasteiger partial charge in [-0.15, -0.1) is 0 Å². The molecule has 0 aliphatic heterocycles. The average molecular weight is 275 g/mol. The molecular weight excluding hydrogens is 258 g/mol. The van der Waals surface area contributed by atoms with Crippen LogP contribution in [-0.2, 0) is 11.3 Å². The molecule has 2 heterocycles. The van der Waals surface area contributed by atoms with Crippen molar-refractivity contribution in [2.75, 3.05) is 31.4 Å². The van der Waals surface area contributed by atoms with Crippen LogP contribution in [0.5, 0.6) is 0 Å². The van der Waals surface area contributed by atoms with E-state index >= 15 is 0 Å². The SMILES string of the molecule is COC(=O)c1occc1CNc1ccc(N(C)C)nc1. The third-order valence-electron chi connectivity index (χ3n) is 2.81.